The number of nitro groups is 1. The molecule has 0 unspecified atom stereocenters. The monoisotopic (exact) mass is 506 g/mol. The molecule has 180 valence electrons. The van der Waals surface area contributed by atoms with Gasteiger partial charge in [-0.05, 0) is 19.2 Å². The molecule has 3 heterocycles. The number of thioether (sulfide) groups is 1. The van der Waals surface area contributed by atoms with E-state index in [1.807, 2.05) is 12.1 Å². The number of hydrogen-bond donors (Lipinski definition) is 2. The summed E-state index contributed by atoms with van der Waals surface area (Å²) in [4.78, 5) is 20.1. The first-order chi connectivity index (χ1) is 14.4. The number of rotatable bonds is 10. The van der Waals surface area contributed by atoms with Crippen LogP contribution in [0, 0.1) is 10.1 Å². The van der Waals surface area contributed by atoms with Crippen molar-refractivity contribution in [3.05, 3.63) is 45.9 Å². The lowest BCUT2D eigenvalue weighted by molar-refractivity contribution is -0.873. The van der Waals surface area contributed by atoms with Gasteiger partial charge in [-0.25, -0.2) is 4.98 Å². The highest BCUT2D eigenvalue weighted by Gasteiger charge is 2.24. The van der Waals surface area contributed by atoms with Crippen molar-refractivity contribution in [2.75, 3.05) is 69.8 Å². The van der Waals surface area contributed by atoms with Gasteiger partial charge in [-0.1, -0.05) is 0 Å². The highest BCUT2D eigenvalue weighted by Crippen LogP contribution is 2.23. The van der Waals surface area contributed by atoms with Gasteiger partial charge in [0.1, 0.15) is 12.3 Å². The predicted octanol–water partition coefficient (Wildman–Crippen LogP) is -5.25. The Labute approximate surface area is 205 Å². The topological polar surface area (TPSA) is 93.4 Å². The molecule has 2 aromatic heterocycles. The number of aromatic nitrogens is 1. The average molecular weight is 507 g/mol. The second-order valence-electron chi connectivity index (χ2n) is 7.88. The van der Waals surface area contributed by atoms with Gasteiger partial charge in [-0.15, -0.1) is 0 Å². The third-order valence-electron chi connectivity index (χ3n) is 4.99. The number of H-pyrrole nitrogens is 1. The summed E-state index contributed by atoms with van der Waals surface area (Å²) in [6.45, 7) is 5.27. The molecule has 0 saturated carbocycles. The van der Waals surface area contributed by atoms with E-state index in [4.69, 9.17) is 4.42 Å². The van der Waals surface area contributed by atoms with Crippen LogP contribution < -0.4 is 44.9 Å². The lowest BCUT2D eigenvalue weighted by Gasteiger charge is -2.29. The minimum absolute atomic E-state index is 0. The fraction of sp³-hybridized carbons (Fsp3) is 0.550. The molecular formula is C20H32Cl2N6O3S. The standard InChI is InChI=1S/C20H30N6O3S.2ClH/c1-23(2)14-16-4-5-17(29-16)15-30-13-8-21-20-18(26(27)28)6-7-19(22-20)25-11-9-24(3)10-12-25;;/h4-7H,8-15H2,1-3H3,(H,21,22);2*1H. The molecule has 0 aromatic carbocycles. The van der Waals surface area contributed by atoms with E-state index in [9.17, 15) is 10.1 Å². The third-order valence-corrected chi connectivity index (χ3v) is 5.97. The van der Waals surface area contributed by atoms with E-state index in [-0.39, 0.29) is 35.4 Å². The summed E-state index contributed by atoms with van der Waals surface area (Å²) in [5, 5.41) is 14.6. The van der Waals surface area contributed by atoms with Crippen molar-refractivity contribution in [3.8, 4) is 0 Å². The minimum Gasteiger partial charge on any atom is -1.00 e. The van der Waals surface area contributed by atoms with Crippen LogP contribution in [0.4, 0.5) is 17.3 Å². The van der Waals surface area contributed by atoms with Crippen LogP contribution in [0.25, 0.3) is 0 Å². The highest BCUT2D eigenvalue weighted by atomic mass is 35.5. The van der Waals surface area contributed by atoms with Gasteiger partial charge >= 0.3 is 5.69 Å². The first-order valence-corrected chi connectivity index (χ1v) is 11.4. The maximum atomic E-state index is 11.4. The lowest BCUT2D eigenvalue weighted by Crippen LogP contribution is -3.04. The Balaban J connectivity index is 0.00000256. The van der Waals surface area contributed by atoms with E-state index in [0.717, 1.165) is 61.6 Å². The average Bonchev–Trinajstić information content (AvgIpc) is 3.14. The highest BCUT2D eigenvalue weighted by molar-refractivity contribution is 7.98. The van der Waals surface area contributed by atoms with Gasteiger partial charge in [-0.2, -0.15) is 11.8 Å². The van der Waals surface area contributed by atoms with E-state index >= 15 is 0 Å². The van der Waals surface area contributed by atoms with Crippen LogP contribution in [0.2, 0.25) is 0 Å². The zero-order chi connectivity index (χ0) is 21.5. The van der Waals surface area contributed by atoms with E-state index in [1.54, 1.807) is 23.9 Å². The number of halogens is 2. The molecule has 2 aromatic rings. The van der Waals surface area contributed by atoms with Crippen LogP contribution in [0.15, 0.2) is 28.7 Å². The number of pyridine rings is 1. The second-order valence-corrected chi connectivity index (χ2v) is 8.99. The van der Waals surface area contributed by atoms with Crippen LogP contribution in [0.1, 0.15) is 11.5 Å². The molecule has 0 radical (unpaired) electrons. The minimum atomic E-state index is -0.350. The summed E-state index contributed by atoms with van der Waals surface area (Å²) in [6.07, 6.45) is 0. The van der Waals surface area contributed by atoms with Crippen molar-refractivity contribution < 1.29 is 44.0 Å². The molecular weight excluding hydrogens is 475 g/mol. The van der Waals surface area contributed by atoms with Crippen molar-refractivity contribution >= 4 is 29.1 Å². The Hall–Kier alpha value is -1.72. The fourth-order valence-electron chi connectivity index (χ4n) is 3.36. The molecule has 32 heavy (non-hydrogen) atoms. The summed E-state index contributed by atoms with van der Waals surface area (Å²) in [5.74, 6) is 4.94. The van der Waals surface area contributed by atoms with Gasteiger partial charge in [0, 0.05) is 31.0 Å². The number of likely N-dealkylation sites (N-methyl/N-ethyl adjacent to an activating group) is 1. The van der Waals surface area contributed by atoms with Crippen LogP contribution in [0.3, 0.4) is 0 Å². The number of nitrogens with one attached hydrogen (secondary N) is 3. The van der Waals surface area contributed by atoms with E-state index < -0.39 is 0 Å². The summed E-state index contributed by atoms with van der Waals surface area (Å²) in [7, 11) is 6.30. The van der Waals surface area contributed by atoms with Gasteiger partial charge in [0.15, 0.2) is 5.76 Å². The summed E-state index contributed by atoms with van der Waals surface area (Å²) >= 11 is 1.74. The zero-order valence-electron chi connectivity index (χ0n) is 18.7. The quantitative estimate of drug-likeness (QED) is 0.189. The molecule has 1 aliphatic heterocycles. The van der Waals surface area contributed by atoms with E-state index in [0.29, 0.717) is 12.4 Å². The van der Waals surface area contributed by atoms with Crippen molar-refractivity contribution in [3.63, 3.8) is 0 Å². The Bertz CT molecular complexity index is 846. The molecule has 0 bridgehead atoms. The van der Waals surface area contributed by atoms with Crippen molar-refractivity contribution in [1.82, 2.24) is 4.90 Å². The van der Waals surface area contributed by atoms with Crippen LogP contribution >= 0.6 is 11.8 Å². The fourth-order valence-corrected chi connectivity index (χ4v) is 4.11. The van der Waals surface area contributed by atoms with Crippen LogP contribution in [-0.2, 0) is 12.3 Å². The van der Waals surface area contributed by atoms with Crippen molar-refractivity contribution in [1.29, 1.82) is 0 Å². The van der Waals surface area contributed by atoms with Gasteiger partial charge in [0.25, 0.3) is 5.82 Å². The zero-order valence-corrected chi connectivity index (χ0v) is 21.0. The molecule has 1 aliphatic rings. The molecule has 0 atom stereocenters. The molecule has 1 fully saturated rings. The van der Waals surface area contributed by atoms with Gasteiger partial charge in [0.05, 0.1) is 44.4 Å². The Morgan fingerprint density at radius 2 is 1.84 bits per heavy atom. The van der Waals surface area contributed by atoms with Crippen LogP contribution in [-0.4, -0.2) is 69.4 Å². The van der Waals surface area contributed by atoms with E-state index in [2.05, 4.69) is 41.2 Å². The Morgan fingerprint density at radius 3 is 2.50 bits per heavy atom. The Kier molecular flexibility index (Phi) is 12.2. The molecule has 0 spiro atoms. The molecule has 1 saturated heterocycles. The first-order valence-electron chi connectivity index (χ1n) is 10.2. The number of furan rings is 1. The molecule has 0 amide bonds. The SMILES string of the molecule is CN1CCN(c2ccc([N+](=O)[O-])c(NCCSCc3ccc(C[NH+](C)C)o3)[nH+]2)CC1.[Cl-].[Cl-]. The first kappa shape index (κ1) is 28.3. The smallest absolute Gasteiger partial charge is 0.340 e. The van der Waals surface area contributed by atoms with Gasteiger partial charge in [-0.3, -0.25) is 20.3 Å². The van der Waals surface area contributed by atoms with E-state index in [1.165, 1.54) is 4.90 Å². The third kappa shape index (κ3) is 8.32. The molecule has 12 heteroatoms. The number of piperazine rings is 1. The number of nitrogens with zero attached hydrogens (tertiary/aromatic N) is 3. The van der Waals surface area contributed by atoms with Gasteiger partial charge in [0.2, 0.25) is 5.82 Å². The largest absolute Gasteiger partial charge is 1.00 e. The maximum absolute atomic E-state index is 11.4. The molecule has 9 nitrogen and oxygen atoms in total. The number of quaternary nitrogens is 1. The summed E-state index contributed by atoms with van der Waals surface area (Å²) in [5.41, 5.74) is 0.0692. The molecule has 0 aliphatic carbocycles. The summed E-state index contributed by atoms with van der Waals surface area (Å²) in [6, 6.07) is 7.43. The Morgan fingerprint density at radius 1 is 1.16 bits per heavy atom. The number of aromatic amines is 1. The maximum Gasteiger partial charge on any atom is 0.340 e. The van der Waals surface area contributed by atoms with Crippen LogP contribution in [0.5, 0.6) is 0 Å². The van der Waals surface area contributed by atoms with Crippen molar-refractivity contribution in [2.24, 2.45) is 0 Å². The number of hydrogen-bond acceptors (Lipinski definition) is 7. The lowest BCUT2D eigenvalue weighted by atomic mass is 10.3. The molecule has 3 N–H and O–H groups in total. The van der Waals surface area contributed by atoms with Gasteiger partial charge < -0.3 is 39.0 Å². The normalized spacial score (nSPS) is 14.1. The predicted molar refractivity (Wildman–Crippen MR) is 119 cm³/mol. The number of anilines is 2. The molecule has 3 rings (SSSR count). The van der Waals surface area contributed by atoms with Crippen molar-refractivity contribution in [2.45, 2.75) is 12.3 Å². The summed E-state index contributed by atoms with van der Waals surface area (Å²) < 4.78 is 5.83. The second kappa shape index (κ2) is 13.7.